The lowest BCUT2D eigenvalue weighted by atomic mass is 10.0. The van der Waals surface area contributed by atoms with Gasteiger partial charge in [-0.25, -0.2) is 4.79 Å². The summed E-state index contributed by atoms with van der Waals surface area (Å²) in [6, 6.07) is 6.51. The summed E-state index contributed by atoms with van der Waals surface area (Å²) in [4.78, 5) is 23.0. The Morgan fingerprint density at radius 1 is 1.23 bits per heavy atom. The van der Waals surface area contributed by atoms with Gasteiger partial charge in [0.1, 0.15) is 5.60 Å². The van der Waals surface area contributed by atoms with Crippen LogP contribution in [0, 0.1) is 0 Å². The molecule has 1 aromatic rings. The van der Waals surface area contributed by atoms with Crippen molar-refractivity contribution in [2.75, 3.05) is 11.9 Å². The van der Waals surface area contributed by atoms with E-state index in [1.54, 1.807) is 52.0 Å². The fourth-order valence-electron chi connectivity index (χ4n) is 1.75. The minimum absolute atomic E-state index is 0.118. The van der Waals surface area contributed by atoms with Crippen molar-refractivity contribution in [3.8, 4) is 0 Å². The third kappa shape index (κ3) is 6.58. The number of benzene rings is 1. The molecule has 0 aliphatic heterocycles. The number of rotatable bonds is 5. The number of hydrogen-bond acceptors (Lipinski definition) is 5. The van der Waals surface area contributed by atoms with Gasteiger partial charge < -0.3 is 15.2 Å². The number of anilines is 1. The van der Waals surface area contributed by atoms with E-state index in [9.17, 15) is 9.59 Å². The monoisotopic (exact) mass is 308 g/mol. The van der Waals surface area contributed by atoms with Gasteiger partial charge >= 0.3 is 12.1 Å². The van der Waals surface area contributed by atoms with Crippen LogP contribution in [-0.4, -0.2) is 24.3 Å². The highest BCUT2D eigenvalue weighted by Crippen LogP contribution is 2.18. The second kappa shape index (κ2) is 7.79. The molecule has 6 nitrogen and oxygen atoms in total. The molecule has 3 N–H and O–H groups in total. The zero-order valence-electron chi connectivity index (χ0n) is 13.5. The summed E-state index contributed by atoms with van der Waals surface area (Å²) in [6.45, 7) is 7.48. The Morgan fingerprint density at radius 2 is 1.82 bits per heavy atom. The van der Waals surface area contributed by atoms with E-state index in [4.69, 9.17) is 15.2 Å². The van der Waals surface area contributed by atoms with Crippen molar-refractivity contribution in [3.63, 3.8) is 0 Å². The van der Waals surface area contributed by atoms with Crippen LogP contribution in [0.25, 0.3) is 0 Å². The molecule has 1 atom stereocenters. The number of carbonyl (C=O) groups is 2. The maximum absolute atomic E-state index is 11.6. The van der Waals surface area contributed by atoms with Gasteiger partial charge in [0.2, 0.25) is 0 Å². The van der Waals surface area contributed by atoms with E-state index in [0.29, 0.717) is 12.3 Å². The molecule has 22 heavy (non-hydrogen) atoms. The summed E-state index contributed by atoms with van der Waals surface area (Å²) < 4.78 is 10.0. The van der Waals surface area contributed by atoms with E-state index < -0.39 is 17.7 Å². The zero-order chi connectivity index (χ0) is 16.8. The second-order valence-electron chi connectivity index (χ2n) is 5.86. The fourth-order valence-corrected chi connectivity index (χ4v) is 1.75. The topological polar surface area (TPSA) is 90.6 Å². The van der Waals surface area contributed by atoms with Crippen molar-refractivity contribution in [3.05, 3.63) is 29.8 Å². The van der Waals surface area contributed by atoms with E-state index in [1.807, 2.05) is 0 Å². The third-order valence-electron chi connectivity index (χ3n) is 2.68. The summed E-state index contributed by atoms with van der Waals surface area (Å²) >= 11 is 0. The minimum atomic E-state index is -0.550. The highest BCUT2D eigenvalue weighted by Gasteiger charge is 2.16. The van der Waals surface area contributed by atoms with Gasteiger partial charge in [-0.1, -0.05) is 12.1 Å². The SMILES string of the molecule is CCOC(=O)C[C@@H](N)c1ccc(NC(=O)OC(C)(C)C)cc1. The molecule has 0 aliphatic rings. The average Bonchev–Trinajstić information content (AvgIpc) is 2.37. The summed E-state index contributed by atoms with van der Waals surface area (Å²) in [7, 11) is 0. The number of esters is 1. The highest BCUT2D eigenvalue weighted by molar-refractivity contribution is 5.84. The first-order valence-electron chi connectivity index (χ1n) is 7.22. The lowest BCUT2D eigenvalue weighted by Gasteiger charge is -2.19. The molecule has 0 saturated heterocycles. The van der Waals surface area contributed by atoms with Crippen molar-refractivity contribution in [1.29, 1.82) is 0 Å². The molecule has 0 bridgehead atoms. The second-order valence-corrected chi connectivity index (χ2v) is 5.86. The number of hydrogen-bond donors (Lipinski definition) is 2. The van der Waals surface area contributed by atoms with Gasteiger partial charge in [-0.2, -0.15) is 0 Å². The van der Waals surface area contributed by atoms with Crippen LogP contribution in [-0.2, 0) is 14.3 Å². The average molecular weight is 308 g/mol. The third-order valence-corrected chi connectivity index (χ3v) is 2.68. The Hall–Kier alpha value is -2.08. The van der Waals surface area contributed by atoms with Crippen molar-refractivity contribution in [1.82, 2.24) is 0 Å². The van der Waals surface area contributed by atoms with Crippen molar-refractivity contribution >= 4 is 17.7 Å². The molecule has 1 amide bonds. The highest BCUT2D eigenvalue weighted by atomic mass is 16.6. The minimum Gasteiger partial charge on any atom is -0.466 e. The van der Waals surface area contributed by atoms with Crippen LogP contribution in [0.5, 0.6) is 0 Å². The number of amides is 1. The van der Waals surface area contributed by atoms with Crippen LogP contribution in [0.3, 0.4) is 0 Å². The van der Waals surface area contributed by atoms with Gasteiger partial charge in [0.25, 0.3) is 0 Å². The Bertz CT molecular complexity index is 506. The number of nitrogens with two attached hydrogens (primary N) is 1. The van der Waals surface area contributed by atoms with E-state index in [-0.39, 0.29) is 12.4 Å². The largest absolute Gasteiger partial charge is 0.466 e. The standard InChI is InChI=1S/C16H24N2O4/c1-5-21-14(19)10-13(17)11-6-8-12(9-7-11)18-15(20)22-16(2,3)4/h6-9,13H,5,10,17H2,1-4H3,(H,18,20)/t13-/m1/s1. The molecule has 0 unspecified atom stereocenters. The lowest BCUT2D eigenvalue weighted by Crippen LogP contribution is -2.27. The van der Waals surface area contributed by atoms with E-state index in [2.05, 4.69) is 5.32 Å². The number of ether oxygens (including phenoxy) is 2. The van der Waals surface area contributed by atoms with Crippen molar-refractivity contribution in [2.45, 2.75) is 45.8 Å². The van der Waals surface area contributed by atoms with Gasteiger partial charge in [0, 0.05) is 11.7 Å². The van der Waals surface area contributed by atoms with E-state index in [1.165, 1.54) is 0 Å². The first-order chi connectivity index (χ1) is 10.2. The molecule has 1 rings (SSSR count). The Labute approximate surface area is 131 Å². The smallest absolute Gasteiger partial charge is 0.412 e. The Morgan fingerprint density at radius 3 is 2.32 bits per heavy atom. The van der Waals surface area contributed by atoms with Gasteiger partial charge in [-0.3, -0.25) is 10.1 Å². The molecule has 6 heteroatoms. The first kappa shape index (κ1) is 18.0. The fraction of sp³-hybridized carbons (Fsp3) is 0.500. The molecule has 0 spiro atoms. The molecular weight excluding hydrogens is 284 g/mol. The van der Waals surface area contributed by atoms with Crippen LogP contribution in [0.15, 0.2) is 24.3 Å². The van der Waals surface area contributed by atoms with Crippen LogP contribution in [0.4, 0.5) is 10.5 Å². The van der Waals surface area contributed by atoms with E-state index in [0.717, 1.165) is 5.56 Å². The normalized spacial score (nSPS) is 12.4. The molecule has 1 aromatic carbocycles. The number of carbonyl (C=O) groups excluding carboxylic acids is 2. The molecule has 0 heterocycles. The van der Waals surface area contributed by atoms with Gasteiger partial charge in [-0.05, 0) is 45.4 Å². The van der Waals surface area contributed by atoms with Gasteiger partial charge in [-0.15, -0.1) is 0 Å². The van der Waals surface area contributed by atoms with Gasteiger partial charge in [0.05, 0.1) is 13.0 Å². The van der Waals surface area contributed by atoms with E-state index >= 15 is 0 Å². The molecule has 0 saturated carbocycles. The van der Waals surface area contributed by atoms with Crippen molar-refractivity contribution in [2.24, 2.45) is 5.73 Å². The summed E-state index contributed by atoms with van der Waals surface area (Å²) in [5.41, 5.74) is 6.79. The molecule has 0 aliphatic carbocycles. The molecule has 122 valence electrons. The Kier molecular flexibility index (Phi) is 6.37. The zero-order valence-corrected chi connectivity index (χ0v) is 13.5. The van der Waals surface area contributed by atoms with Crippen LogP contribution in [0.2, 0.25) is 0 Å². The van der Waals surface area contributed by atoms with Crippen molar-refractivity contribution < 1.29 is 19.1 Å². The molecular formula is C16H24N2O4. The van der Waals surface area contributed by atoms with Crippen LogP contribution < -0.4 is 11.1 Å². The maximum Gasteiger partial charge on any atom is 0.412 e. The van der Waals surface area contributed by atoms with Crippen LogP contribution >= 0.6 is 0 Å². The Balaban J connectivity index is 2.59. The quantitative estimate of drug-likeness (QED) is 0.816. The number of nitrogens with one attached hydrogen (secondary N) is 1. The van der Waals surface area contributed by atoms with Crippen LogP contribution in [0.1, 0.15) is 45.7 Å². The maximum atomic E-state index is 11.6. The van der Waals surface area contributed by atoms with Gasteiger partial charge in [0.15, 0.2) is 0 Å². The lowest BCUT2D eigenvalue weighted by molar-refractivity contribution is -0.143. The summed E-state index contributed by atoms with van der Waals surface area (Å²) in [5.74, 6) is -0.328. The summed E-state index contributed by atoms with van der Waals surface area (Å²) in [6.07, 6.45) is -0.400. The first-order valence-corrected chi connectivity index (χ1v) is 7.22. The molecule has 0 radical (unpaired) electrons. The molecule has 0 aromatic heterocycles. The predicted octanol–water partition coefficient (Wildman–Crippen LogP) is 2.99. The summed E-state index contributed by atoms with van der Waals surface area (Å²) in [5, 5.41) is 2.63. The predicted molar refractivity (Wildman–Crippen MR) is 84.5 cm³/mol. The molecule has 0 fully saturated rings.